The van der Waals surface area contributed by atoms with E-state index in [1.54, 1.807) is 18.2 Å². The van der Waals surface area contributed by atoms with E-state index in [-0.39, 0.29) is 28.3 Å². The first-order chi connectivity index (χ1) is 13.8. The number of ether oxygens (including phenoxy) is 2. The molecule has 8 nitrogen and oxygen atoms in total. The highest BCUT2D eigenvalue weighted by molar-refractivity contribution is 7.92. The Bertz CT molecular complexity index is 986. The summed E-state index contributed by atoms with van der Waals surface area (Å²) < 4.78 is 36.9. The fourth-order valence-corrected chi connectivity index (χ4v) is 3.75. The van der Waals surface area contributed by atoms with Crippen LogP contribution in [0.5, 0.6) is 11.5 Å². The summed E-state index contributed by atoms with van der Waals surface area (Å²) in [4.78, 5) is 23.2. The van der Waals surface area contributed by atoms with Gasteiger partial charge in [0.2, 0.25) is 10.0 Å². The van der Waals surface area contributed by atoms with Crippen molar-refractivity contribution < 1.29 is 32.6 Å². The lowest BCUT2D eigenvalue weighted by atomic mass is 10.1. The smallest absolute Gasteiger partial charge is 0.337 e. The Morgan fingerprint density at radius 2 is 1.79 bits per heavy atom. The van der Waals surface area contributed by atoms with Crippen molar-refractivity contribution in [3.05, 3.63) is 53.6 Å². The number of nitrogens with one attached hydrogen (secondary N) is 1. The number of carboxylic acids is 1. The standard InChI is InChI=1S/C20H23NO7S/c1-3-4-5-11-29(25,26)21-18-10-9-16(13-17(18)19(22)23)28-15-8-6-7-14(12-15)20(24)27-2/h6-10,12-13,21H,3-5,11H2,1-2H3,(H,22,23). The second-order valence-electron chi connectivity index (χ2n) is 6.26. The van der Waals surface area contributed by atoms with E-state index in [1.807, 2.05) is 6.92 Å². The van der Waals surface area contributed by atoms with Gasteiger partial charge < -0.3 is 14.6 Å². The number of aromatic carboxylic acids is 1. The molecule has 0 saturated carbocycles. The Morgan fingerprint density at radius 1 is 1.07 bits per heavy atom. The van der Waals surface area contributed by atoms with E-state index >= 15 is 0 Å². The molecule has 9 heteroatoms. The van der Waals surface area contributed by atoms with E-state index in [1.165, 1.54) is 31.4 Å². The van der Waals surface area contributed by atoms with E-state index in [0.29, 0.717) is 12.2 Å². The van der Waals surface area contributed by atoms with E-state index in [0.717, 1.165) is 12.8 Å². The van der Waals surface area contributed by atoms with E-state index in [2.05, 4.69) is 9.46 Å². The van der Waals surface area contributed by atoms with Crippen molar-refractivity contribution >= 4 is 27.6 Å². The molecule has 0 saturated heterocycles. The van der Waals surface area contributed by atoms with Crippen LogP contribution in [0.3, 0.4) is 0 Å². The summed E-state index contributed by atoms with van der Waals surface area (Å²) in [5.74, 6) is -1.44. The predicted octanol–water partition coefficient (Wildman–Crippen LogP) is 3.90. The van der Waals surface area contributed by atoms with Crippen molar-refractivity contribution in [2.75, 3.05) is 17.6 Å². The molecule has 0 atom stereocenters. The highest BCUT2D eigenvalue weighted by Crippen LogP contribution is 2.28. The molecule has 156 valence electrons. The maximum Gasteiger partial charge on any atom is 0.337 e. The number of unbranched alkanes of at least 4 members (excludes halogenated alkanes) is 2. The number of hydrogen-bond donors (Lipinski definition) is 2. The Kier molecular flexibility index (Phi) is 7.60. The molecule has 29 heavy (non-hydrogen) atoms. The summed E-state index contributed by atoms with van der Waals surface area (Å²) >= 11 is 0. The first-order valence-corrected chi connectivity index (χ1v) is 10.6. The average Bonchev–Trinajstić information content (AvgIpc) is 2.68. The predicted molar refractivity (Wildman–Crippen MR) is 108 cm³/mol. The van der Waals surface area contributed by atoms with Gasteiger partial charge in [-0.1, -0.05) is 25.8 Å². The molecule has 0 fully saturated rings. The molecule has 2 rings (SSSR count). The van der Waals surface area contributed by atoms with Crippen LogP contribution in [0.15, 0.2) is 42.5 Å². The summed E-state index contributed by atoms with van der Waals surface area (Å²) in [6.07, 6.45) is 2.13. The van der Waals surface area contributed by atoms with Gasteiger partial charge in [0.05, 0.1) is 29.7 Å². The van der Waals surface area contributed by atoms with Crippen molar-refractivity contribution in [1.82, 2.24) is 0 Å². The first kappa shape index (κ1) is 22.2. The van der Waals surface area contributed by atoms with Crippen molar-refractivity contribution in [3.63, 3.8) is 0 Å². The van der Waals surface area contributed by atoms with E-state index in [9.17, 15) is 23.1 Å². The highest BCUT2D eigenvalue weighted by atomic mass is 32.2. The van der Waals surface area contributed by atoms with Crippen LogP contribution in [-0.2, 0) is 14.8 Å². The molecule has 0 aliphatic heterocycles. The Hall–Kier alpha value is -3.07. The largest absolute Gasteiger partial charge is 0.478 e. The van der Waals surface area contributed by atoms with Crippen molar-refractivity contribution in [3.8, 4) is 11.5 Å². The molecule has 0 aliphatic carbocycles. The number of esters is 1. The van der Waals surface area contributed by atoms with Crippen molar-refractivity contribution in [1.29, 1.82) is 0 Å². The quantitative estimate of drug-likeness (QED) is 0.441. The van der Waals surface area contributed by atoms with Gasteiger partial charge in [-0.2, -0.15) is 0 Å². The lowest BCUT2D eigenvalue weighted by molar-refractivity contribution is 0.0599. The van der Waals surface area contributed by atoms with Gasteiger partial charge in [0.15, 0.2) is 0 Å². The molecule has 0 heterocycles. The topological polar surface area (TPSA) is 119 Å². The van der Waals surface area contributed by atoms with Crippen LogP contribution in [0, 0.1) is 0 Å². The number of carbonyl (C=O) groups excluding carboxylic acids is 1. The third-order valence-corrected chi connectivity index (χ3v) is 5.35. The maximum atomic E-state index is 12.2. The lowest BCUT2D eigenvalue weighted by Crippen LogP contribution is -2.18. The van der Waals surface area contributed by atoms with E-state index < -0.39 is 22.0 Å². The van der Waals surface area contributed by atoms with Gasteiger partial charge >= 0.3 is 11.9 Å². The lowest BCUT2D eigenvalue weighted by Gasteiger charge is -2.13. The number of hydrogen-bond acceptors (Lipinski definition) is 6. The summed E-state index contributed by atoms with van der Waals surface area (Å²) in [6, 6.07) is 10.2. The van der Waals surface area contributed by atoms with Gasteiger partial charge in [-0.3, -0.25) is 4.72 Å². The summed E-state index contributed by atoms with van der Waals surface area (Å²) in [7, 11) is -2.40. The van der Waals surface area contributed by atoms with Crippen LogP contribution in [0.2, 0.25) is 0 Å². The van der Waals surface area contributed by atoms with Crippen LogP contribution in [0.25, 0.3) is 0 Å². The minimum absolute atomic E-state index is 0.0374. The van der Waals surface area contributed by atoms with Crippen LogP contribution in [0.4, 0.5) is 5.69 Å². The number of rotatable bonds is 10. The summed E-state index contributed by atoms with van der Waals surface area (Å²) in [5, 5.41) is 9.46. The van der Waals surface area contributed by atoms with Gasteiger partial charge in [-0.05, 0) is 42.8 Å². The van der Waals surface area contributed by atoms with Crippen molar-refractivity contribution in [2.24, 2.45) is 0 Å². The van der Waals surface area contributed by atoms with Crippen LogP contribution in [-0.4, -0.2) is 38.3 Å². The molecule has 2 N–H and O–H groups in total. The zero-order valence-electron chi connectivity index (χ0n) is 16.2. The second kappa shape index (κ2) is 9.92. The molecule has 0 radical (unpaired) electrons. The summed E-state index contributed by atoms with van der Waals surface area (Å²) in [6.45, 7) is 1.96. The number of carbonyl (C=O) groups is 2. The molecule has 0 amide bonds. The molecular formula is C20H23NO7S. The van der Waals surface area contributed by atoms with Crippen LogP contribution < -0.4 is 9.46 Å². The fraction of sp³-hybridized carbons (Fsp3) is 0.300. The van der Waals surface area contributed by atoms with Gasteiger partial charge in [-0.25, -0.2) is 18.0 Å². The normalized spacial score (nSPS) is 11.0. The number of methoxy groups -OCH3 is 1. The zero-order chi connectivity index (χ0) is 21.4. The monoisotopic (exact) mass is 421 g/mol. The Morgan fingerprint density at radius 3 is 2.45 bits per heavy atom. The molecule has 0 unspecified atom stereocenters. The number of sulfonamides is 1. The number of benzene rings is 2. The van der Waals surface area contributed by atoms with Crippen LogP contribution in [0.1, 0.15) is 46.9 Å². The molecule has 0 bridgehead atoms. The van der Waals surface area contributed by atoms with Gasteiger partial charge in [0, 0.05) is 0 Å². The molecule has 0 spiro atoms. The van der Waals surface area contributed by atoms with Gasteiger partial charge in [-0.15, -0.1) is 0 Å². The highest BCUT2D eigenvalue weighted by Gasteiger charge is 2.18. The average molecular weight is 421 g/mol. The molecular weight excluding hydrogens is 398 g/mol. The Balaban J connectivity index is 2.24. The third-order valence-electron chi connectivity index (χ3n) is 3.99. The van der Waals surface area contributed by atoms with Crippen LogP contribution >= 0.6 is 0 Å². The number of carboxylic acid groups (broad SMARTS) is 1. The minimum atomic E-state index is -3.66. The Labute approximate surface area is 169 Å². The van der Waals surface area contributed by atoms with Gasteiger partial charge in [0.1, 0.15) is 11.5 Å². The second-order valence-corrected chi connectivity index (χ2v) is 8.10. The first-order valence-electron chi connectivity index (χ1n) is 9.00. The van der Waals surface area contributed by atoms with Gasteiger partial charge in [0.25, 0.3) is 0 Å². The molecule has 0 aromatic heterocycles. The number of anilines is 1. The molecule has 0 aliphatic rings. The third kappa shape index (κ3) is 6.49. The molecule has 2 aromatic carbocycles. The SMILES string of the molecule is CCCCCS(=O)(=O)Nc1ccc(Oc2cccc(C(=O)OC)c2)cc1C(=O)O. The van der Waals surface area contributed by atoms with E-state index in [4.69, 9.17) is 4.74 Å². The minimum Gasteiger partial charge on any atom is -0.478 e. The van der Waals surface area contributed by atoms with Crippen molar-refractivity contribution in [2.45, 2.75) is 26.2 Å². The fourth-order valence-electron chi connectivity index (χ4n) is 2.55. The summed E-state index contributed by atoms with van der Waals surface area (Å²) in [5.41, 5.74) is -0.00438. The molecule has 2 aromatic rings. The zero-order valence-corrected chi connectivity index (χ0v) is 17.0. The maximum absolute atomic E-state index is 12.2.